The molecule has 90 valence electrons. The molecule has 1 amide bonds. The van der Waals surface area contributed by atoms with Crippen LogP contribution in [0.25, 0.3) is 0 Å². The van der Waals surface area contributed by atoms with E-state index in [0.29, 0.717) is 10.9 Å². The molecule has 2 aliphatic rings. The lowest BCUT2D eigenvalue weighted by molar-refractivity contribution is -0.145. The number of amides is 1. The Balaban J connectivity index is 2.09. The summed E-state index contributed by atoms with van der Waals surface area (Å²) in [5, 5.41) is 0. The molecular weight excluding hydrogens is 220 g/mol. The van der Waals surface area contributed by atoms with Crippen molar-refractivity contribution in [1.29, 1.82) is 0 Å². The van der Waals surface area contributed by atoms with E-state index >= 15 is 0 Å². The van der Waals surface area contributed by atoms with Crippen LogP contribution in [-0.4, -0.2) is 28.9 Å². The second kappa shape index (κ2) is 4.32. The minimum Gasteiger partial charge on any atom is -0.392 e. The predicted molar refractivity (Wildman–Crippen MR) is 68.0 cm³/mol. The molecule has 0 unspecified atom stereocenters. The van der Waals surface area contributed by atoms with E-state index < -0.39 is 5.41 Å². The van der Waals surface area contributed by atoms with E-state index in [4.69, 9.17) is 18.0 Å². The number of piperidine rings is 1. The molecule has 2 N–H and O–H groups in total. The second-order valence-corrected chi connectivity index (χ2v) is 5.75. The molecule has 0 radical (unpaired) electrons. The fraction of sp³-hybridized carbons (Fsp3) is 0.833. The molecule has 4 heteroatoms. The van der Waals surface area contributed by atoms with Gasteiger partial charge in [0.1, 0.15) is 0 Å². The summed E-state index contributed by atoms with van der Waals surface area (Å²) in [7, 11) is 0. The lowest BCUT2D eigenvalue weighted by atomic mass is 9.61. The monoisotopic (exact) mass is 240 g/mol. The van der Waals surface area contributed by atoms with E-state index in [0.717, 1.165) is 38.8 Å². The van der Waals surface area contributed by atoms with Crippen molar-refractivity contribution in [1.82, 2.24) is 4.90 Å². The van der Waals surface area contributed by atoms with Gasteiger partial charge in [0, 0.05) is 13.1 Å². The molecule has 0 aromatic carbocycles. The Bertz CT molecular complexity index is 304. The molecule has 0 spiro atoms. The van der Waals surface area contributed by atoms with Gasteiger partial charge in [-0.2, -0.15) is 0 Å². The Morgan fingerprint density at radius 2 is 1.88 bits per heavy atom. The van der Waals surface area contributed by atoms with Crippen LogP contribution in [0.2, 0.25) is 0 Å². The molecule has 2 fully saturated rings. The number of hydrogen-bond acceptors (Lipinski definition) is 2. The molecule has 1 saturated heterocycles. The lowest BCUT2D eigenvalue weighted by Gasteiger charge is -2.47. The normalized spacial score (nSPS) is 34.3. The second-order valence-electron chi connectivity index (χ2n) is 5.31. The van der Waals surface area contributed by atoms with Crippen molar-refractivity contribution < 1.29 is 4.79 Å². The zero-order chi connectivity index (χ0) is 11.8. The predicted octanol–water partition coefficient (Wildman–Crippen LogP) is 1.70. The van der Waals surface area contributed by atoms with Crippen LogP contribution in [-0.2, 0) is 4.79 Å². The summed E-state index contributed by atoms with van der Waals surface area (Å²) >= 11 is 5.11. The van der Waals surface area contributed by atoms with Crippen LogP contribution in [0.5, 0.6) is 0 Å². The highest BCUT2D eigenvalue weighted by atomic mass is 32.1. The van der Waals surface area contributed by atoms with E-state index in [1.807, 2.05) is 4.90 Å². The molecule has 3 nitrogen and oxygen atoms in total. The van der Waals surface area contributed by atoms with Crippen molar-refractivity contribution in [2.45, 2.75) is 39.0 Å². The van der Waals surface area contributed by atoms with Crippen molar-refractivity contribution in [2.24, 2.45) is 17.1 Å². The number of nitrogens with two attached hydrogens (primary N) is 1. The van der Waals surface area contributed by atoms with Gasteiger partial charge in [-0.1, -0.05) is 19.1 Å². The Morgan fingerprint density at radius 1 is 1.31 bits per heavy atom. The third-order valence-electron chi connectivity index (χ3n) is 3.92. The quantitative estimate of drug-likeness (QED) is 0.747. The molecule has 0 atom stereocenters. The van der Waals surface area contributed by atoms with Gasteiger partial charge in [0.15, 0.2) is 0 Å². The summed E-state index contributed by atoms with van der Waals surface area (Å²) in [4.78, 5) is 14.8. The van der Waals surface area contributed by atoms with Crippen molar-refractivity contribution in [3.05, 3.63) is 0 Å². The maximum atomic E-state index is 12.4. The molecule has 2 rings (SSSR count). The summed E-state index contributed by atoms with van der Waals surface area (Å²) < 4.78 is 0. The van der Waals surface area contributed by atoms with Gasteiger partial charge in [-0.3, -0.25) is 4.79 Å². The van der Waals surface area contributed by atoms with Crippen LogP contribution in [0.15, 0.2) is 0 Å². The standard InChI is InChI=1S/C12H20N2OS/c1-9-7-12(8-9,10(13)16)11(15)14-5-3-2-4-6-14/h9H,2-8H2,1H3,(H2,13,16). The Labute approximate surface area is 102 Å². The molecular formula is C12H20N2OS. The fourth-order valence-corrected chi connectivity index (χ4v) is 3.26. The Morgan fingerprint density at radius 3 is 2.31 bits per heavy atom. The molecule has 0 bridgehead atoms. The molecule has 1 aliphatic heterocycles. The first-order valence-electron chi connectivity index (χ1n) is 6.15. The average Bonchev–Trinajstić information content (AvgIpc) is 2.24. The Hall–Kier alpha value is -0.640. The SMILES string of the molecule is CC1CC(C(=O)N2CCCCC2)(C(N)=S)C1. The largest absolute Gasteiger partial charge is 0.392 e. The van der Waals surface area contributed by atoms with Crippen molar-refractivity contribution in [3.63, 3.8) is 0 Å². The first-order chi connectivity index (χ1) is 7.56. The maximum absolute atomic E-state index is 12.4. The number of thiocarbonyl (C=S) groups is 1. The number of carbonyl (C=O) groups is 1. The topological polar surface area (TPSA) is 46.3 Å². The van der Waals surface area contributed by atoms with Crippen molar-refractivity contribution in [3.8, 4) is 0 Å². The van der Waals surface area contributed by atoms with Gasteiger partial charge in [-0.15, -0.1) is 0 Å². The van der Waals surface area contributed by atoms with Gasteiger partial charge in [-0.05, 0) is 38.0 Å². The van der Waals surface area contributed by atoms with Crippen LogP contribution in [0.3, 0.4) is 0 Å². The van der Waals surface area contributed by atoms with Gasteiger partial charge >= 0.3 is 0 Å². The van der Waals surface area contributed by atoms with Gasteiger partial charge in [-0.25, -0.2) is 0 Å². The summed E-state index contributed by atoms with van der Waals surface area (Å²) in [6.07, 6.45) is 5.17. The highest BCUT2D eigenvalue weighted by Gasteiger charge is 2.52. The van der Waals surface area contributed by atoms with E-state index in [9.17, 15) is 4.79 Å². The molecule has 1 aliphatic carbocycles. The first-order valence-corrected chi connectivity index (χ1v) is 6.56. The fourth-order valence-electron chi connectivity index (χ4n) is 3.01. The summed E-state index contributed by atoms with van der Waals surface area (Å²) in [5.74, 6) is 0.771. The van der Waals surface area contributed by atoms with Crippen LogP contribution < -0.4 is 5.73 Å². The van der Waals surface area contributed by atoms with Crippen molar-refractivity contribution in [2.75, 3.05) is 13.1 Å². The summed E-state index contributed by atoms with van der Waals surface area (Å²) in [6, 6.07) is 0. The third-order valence-corrected chi connectivity index (χ3v) is 4.31. The van der Waals surface area contributed by atoms with E-state index in [1.165, 1.54) is 6.42 Å². The summed E-state index contributed by atoms with van der Waals surface area (Å²) in [6.45, 7) is 3.93. The minimum atomic E-state index is -0.494. The highest BCUT2D eigenvalue weighted by Crippen LogP contribution is 2.47. The van der Waals surface area contributed by atoms with Gasteiger partial charge in [0.2, 0.25) is 5.91 Å². The summed E-state index contributed by atoms with van der Waals surface area (Å²) in [5.41, 5.74) is 5.29. The van der Waals surface area contributed by atoms with Gasteiger partial charge in [0.25, 0.3) is 0 Å². The smallest absolute Gasteiger partial charge is 0.235 e. The minimum absolute atomic E-state index is 0.192. The van der Waals surface area contributed by atoms with Gasteiger partial charge < -0.3 is 10.6 Å². The molecule has 1 saturated carbocycles. The molecule has 16 heavy (non-hydrogen) atoms. The first kappa shape index (κ1) is 11.8. The lowest BCUT2D eigenvalue weighted by Crippen LogP contribution is -2.57. The van der Waals surface area contributed by atoms with E-state index in [2.05, 4.69) is 6.92 Å². The zero-order valence-electron chi connectivity index (χ0n) is 9.87. The van der Waals surface area contributed by atoms with Crippen molar-refractivity contribution >= 4 is 23.1 Å². The highest BCUT2D eigenvalue weighted by molar-refractivity contribution is 7.80. The van der Waals surface area contributed by atoms with Crippen LogP contribution in [0.1, 0.15) is 39.0 Å². The number of hydrogen-bond donors (Lipinski definition) is 1. The number of rotatable bonds is 2. The number of likely N-dealkylation sites (tertiary alicyclic amines) is 1. The Kier molecular flexibility index (Phi) is 3.19. The third kappa shape index (κ3) is 1.83. The molecule has 0 aromatic rings. The van der Waals surface area contributed by atoms with E-state index in [1.54, 1.807) is 0 Å². The maximum Gasteiger partial charge on any atom is 0.235 e. The number of carbonyl (C=O) groups excluding carboxylic acids is 1. The van der Waals surface area contributed by atoms with E-state index in [-0.39, 0.29) is 5.91 Å². The molecule has 0 aromatic heterocycles. The number of nitrogens with zero attached hydrogens (tertiary/aromatic N) is 1. The average molecular weight is 240 g/mol. The van der Waals surface area contributed by atoms with Crippen LogP contribution in [0.4, 0.5) is 0 Å². The molecule has 1 heterocycles. The van der Waals surface area contributed by atoms with Gasteiger partial charge in [0.05, 0.1) is 10.4 Å². The van der Waals surface area contributed by atoms with Crippen LogP contribution in [0, 0.1) is 11.3 Å². The zero-order valence-corrected chi connectivity index (χ0v) is 10.7. The van der Waals surface area contributed by atoms with Crippen LogP contribution >= 0.6 is 12.2 Å².